The van der Waals surface area contributed by atoms with Crippen LogP contribution in [-0.4, -0.2) is 40.9 Å². The lowest BCUT2D eigenvalue weighted by Gasteiger charge is -2.20. The van der Waals surface area contributed by atoms with Crippen LogP contribution in [0.5, 0.6) is 0 Å². The lowest BCUT2D eigenvalue weighted by Crippen LogP contribution is -2.38. The third-order valence-electron chi connectivity index (χ3n) is 3.41. The second kappa shape index (κ2) is 8.24. The van der Waals surface area contributed by atoms with Crippen molar-refractivity contribution in [2.24, 2.45) is 0 Å². The number of rotatable bonds is 6. The molecule has 2 rings (SSSR count). The number of carbonyl (C=O) groups excluding carboxylic acids is 5. The van der Waals surface area contributed by atoms with Crippen molar-refractivity contribution in [1.82, 2.24) is 5.06 Å². The average molecular weight is 363 g/mol. The van der Waals surface area contributed by atoms with Crippen molar-refractivity contribution in [3.63, 3.8) is 0 Å². The Balaban J connectivity index is 2.03. The van der Waals surface area contributed by atoms with Gasteiger partial charge in [0.05, 0.1) is 0 Å². The normalized spacial score (nSPS) is 16.0. The molecule has 0 saturated carbocycles. The standard InChI is InChI=1S/C17H17NO8/c1-10(16(22)26-18-13(20)8-9-14(18)21)24-17(23)15(25-11(2)19)12-6-4-3-5-7-12/h3-7,10,15H,8-9H2,1-2H3/t10?,15-/m0/s1. The fraction of sp³-hybridized carbons (Fsp3) is 0.353. The van der Waals surface area contributed by atoms with Gasteiger partial charge in [-0.15, -0.1) is 5.06 Å². The summed E-state index contributed by atoms with van der Waals surface area (Å²) in [6.45, 7) is 2.34. The molecule has 1 aromatic rings. The fourth-order valence-electron chi connectivity index (χ4n) is 2.15. The third-order valence-corrected chi connectivity index (χ3v) is 3.41. The van der Waals surface area contributed by atoms with Crippen molar-refractivity contribution in [3.8, 4) is 0 Å². The summed E-state index contributed by atoms with van der Waals surface area (Å²) in [5.74, 6) is -4.10. The quantitative estimate of drug-likeness (QED) is 0.539. The molecule has 1 aliphatic rings. The Bertz CT molecular complexity index is 714. The highest BCUT2D eigenvalue weighted by Crippen LogP contribution is 2.20. The first kappa shape index (κ1) is 19.1. The molecule has 0 N–H and O–H groups in total. The van der Waals surface area contributed by atoms with Gasteiger partial charge in [0.1, 0.15) is 0 Å². The molecule has 9 nitrogen and oxygen atoms in total. The zero-order chi connectivity index (χ0) is 19.3. The summed E-state index contributed by atoms with van der Waals surface area (Å²) in [6, 6.07) is 8.10. The summed E-state index contributed by atoms with van der Waals surface area (Å²) in [4.78, 5) is 63.1. The van der Waals surface area contributed by atoms with Gasteiger partial charge in [0.25, 0.3) is 11.8 Å². The number of benzene rings is 1. The fourth-order valence-corrected chi connectivity index (χ4v) is 2.15. The highest BCUT2D eigenvalue weighted by molar-refractivity contribution is 6.01. The Labute approximate surface area is 148 Å². The van der Waals surface area contributed by atoms with E-state index in [9.17, 15) is 24.0 Å². The molecule has 0 radical (unpaired) electrons. The van der Waals surface area contributed by atoms with E-state index in [1.54, 1.807) is 30.3 Å². The van der Waals surface area contributed by atoms with Gasteiger partial charge >= 0.3 is 17.9 Å². The van der Waals surface area contributed by atoms with E-state index in [1.807, 2.05) is 0 Å². The van der Waals surface area contributed by atoms with Gasteiger partial charge in [0.15, 0.2) is 6.10 Å². The van der Waals surface area contributed by atoms with E-state index in [4.69, 9.17) is 9.47 Å². The van der Waals surface area contributed by atoms with Crippen LogP contribution in [0.15, 0.2) is 30.3 Å². The van der Waals surface area contributed by atoms with Crippen LogP contribution in [0, 0.1) is 0 Å². The van der Waals surface area contributed by atoms with Crippen molar-refractivity contribution in [3.05, 3.63) is 35.9 Å². The first-order chi connectivity index (χ1) is 12.3. The maximum absolute atomic E-state index is 12.3. The smallest absolute Gasteiger partial charge is 0.373 e. The van der Waals surface area contributed by atoms with Crippen LogP contribution >= 0.6 is 0 Å². The number of hydrogen-bond donors (Lipinski definition) is 0. The van der Waals surface area contributed by atoms with E-state index in [2.05, 4.69) is 4.84 Å². The van der Waals surface area contributed by atoms with Gasteiger partial charge in [-0.25, -0.2) is 9.59 Å². The molecule has 0 bridgehead atoms. The summed E-state index contributed by atoms with van der Waals surface area (Å²) in [7, 11) is 0. The minimum Gasteiger partial charge on any atom is -0.448 e. The molecular formula is C17H17NO8. The monoisotopic (exact) mass is 363 g/mol. The van der Waals surface area contributed by atoms with Crippen LogP contribution in [0.25, 0.3) is 0 Å². The molecular weight excluding hydrogens is 346 g/mol. The van der Waals surface area contributed by atoms with Gasteiger partial charge in [-0.2, -0.15) is 0 Å². The molecule has 0 spiro atoms. The Morgan fingerprint density at radius 3 is 2.08 bits per heavy atom. The molecule has 0 aliphatic carbocycles. The SMILES string of the molecule is CC(=O)O[C@H](C(=O)OC(C)C(=O)ON1C(=O)CCC1=O)c1ccccc1. The topological polar surface area (TPSA) is 116 Å². The summed E-state index contributed by atoms with van der Waals surface area (Å²) in [6.07, 6.45) is -2.89. The maximum Gasteiger partial charge on any atom is 0.373 e. The summed E-state index contributed by atoms with van der Waals surface area (Å²) in [5.41, 5.74) is 0.359. The highest BCUT2D eigenvalue weighted by atomic mass is 16.7. The summed E-state index contributed by atoms with van der Waals surface area (Å²) in [5, 5.41) is 0.355. The largest absolute Gasteiger partial charge is 0.448 e. The first-order valence-corrected chi connectivity index (χ1v) is 7.80. The number of carbonyl (C=O) groups is 5. The number of hydroxylamine groups is 2. The van der Waals surface area contributed by atoms with E-state index in [1.165, 1.54) is 6.92 Å². The van der Waals surface area contributed by atoms with Crippen molar-refractivity contribution in [1.29, 1.82) is 0 Å². The molecule has 26 heavy (non-hydrogen) atoms. The lowest BCUT2D eigenvalue weighted by atomic mass is 10.1. The molecule has 1 saturated heterocycles. The van der Waals surface area contributed by atoms with E-state index in [0.29, 0.717) is 10.6 Å². The van der Waals surface area contributed by atoms with E-state index >= 15 is 0 Å². The molecule has 138 valence electrons. The molecule has 1 aliphatic heterocycles. The molecule has 9 heteroatoms. The molecule has 1 heterocycles. The second-order valence-electron chi connectivity index (χ2n) is 5.47. The maximum atomic E-state index is 12.3. The van der Waals surface area contributed by atoms with Gasteiger partial charge in [0.2, 0.25) is 6.10 Å². The van der Waals surface area contributed by atoms with Crippen LogP contribution in [0.2, 0.25) is 0 Å². The van der Waals surface area contributed by atoms with Crippen LogP contribution in [-0.2, 0) is 38.3 Å². The van der Waals surface area contributed by atoms with Crippen molar-refractivity contribution in [2.75, 3.05) is 0 Å². The minimum absolute atomic E-state index is 0.0528. The van der Waals surface area contributed by atoms with Gasteiger partial charge in [-0.3, -0.25) is 14.4 Å². The first-order valence-electron chi connectivity index (χ1n) is 7.80. The van der Waals surface area contributed by atoms with E-state index in [-0.39, 0.29) is 12.8 Å². The van der Waals surface area contributed by atoms with E-state index < -0.39 is 41.9 Å². The zero-order valence-corrected chi connectivity index (χ0v) is 14.2. The third kappa shape index (κ3) is 4.65. The predicted molar refractivity (Wildman–Crippen MR) is 83.7 cm³/mol. The summed E-state index contributed by atoms with van der Waals surface area (Å²) >= 11 is 0. The van der Waals surface area contributed by atoms with Crippen LogP contribution in [0.3, 0.4) is 0 Å². The van der Waals surface area contributed by atoms with E-state index in [0.717, 1.165) is 6.92 Å². The Hall–Kier alpha value is -3.23. The highest BCUT2D eigenvalue weighted by Gasteiger charge is 2.36. The second-order valence-corrected chi connectivity index (χ2v) is 5.47. The summed E-state index contributed by atoms with van der Waals surface area (Å²) < 4.78 is 9.93. The molecule has 2 amide bonds. The van der Waals surface area contributed by atoms with Gasteiger partial charge in [0, 0.05) is 25.3 Å². The Morgan fingerprint density at radius 2 is 1.54 bits per heavy atom. The molecule has 1 fully saturated rings. The molecule has 2 atom stereocenters. The van der Waals surface area contributed by atoms with Gasteiger partial charge in [-0.1, -0.05) is 30.3 Å². The lowest BCUT2D eigenvalue weighted by molar-refractivity contribution is -0.206. The van der Waals surface area contributed by atoms with Crippen molar-refractivity contribution < 1.29 is 38.3 Å². The number of imide groups is 1. The van der Waals surface area contributed by atoms with Crippen LogP contribution in [0.4, 0.5) is 0 Å². The van der Waals surface area contributed by atoms with Crippen molar-refractivity contribution in [2.45, 2.75) is 38.9 Å². The number of hydrogen-bond acceptors (Lipinski definition) is 8. The Kier molecular flexibility index (Phi) is 6.05. The van der Waals surface area contributed by atoms with Crippen LogP contribution in [0.1, 0.15) is 38.4 Å². The zero-order valence-electron chi connectivity index (χ0n) is 14.2. The molecule has 0 aromatic heterocycles. The van der Waals surface area contributed by atoms with Crippen molar-refractivity contribution >= 4 is 29.7 Å². The average Bonchev–Trinajstić information content (AvgIpc) is 2.92. The molecule has 1 aromatic carbocycles. The van der Waals surface area contributed by atoms with Gasteiger partial charge < -0.3 is 14.3 Å². The number of nitrogens with zero attached hydrogens (tertiary/aromatic N) is 1. The van der Waals surface area contributed by atoms with Crippen LogP contribution < -0.4 is 0 Å². The number of ether oxygens (including phenoxy) is 2. The van der Waals surface area contributed by atoms with Gasteiger partial charge in [-0.05, 0) is 6.92 Å². The Morgan fingerprint density at radius 1 is 0.962 bits per heavy atom. The number of esters is 2. The predicted octanol–water partition coefficient (Wildman–Crippen LogP) is 0.830. The number of amides is 2. The minimum atomic E-state index is -1.43. The molecule has 1 unspecified atom stereocenters.